The molecule has 5 nitrogen and oxygen atoms in total. The molecule has 0 spiro atoms. The molecule has 0 radical (unpaired) electrons. The van der Waals surface area contributed by atoms with Crippen LogP contribution in [0.5, 0.6) is 0 Å². The van der Waals surface area contributed by atoms with Gasteiger partial charge in [-0.25, -0.2) is 0 Å². The predicted molar refractivity (Wildman–Crippen MR) is 79.3 cm³/mol. The van der Waals surface area contributed by atoms with Gasteiger partial charge < -0.3 is 21.1 Å². The fourth-order valence-corrected chi connectivity index (χ4v) is 2.06. The number of hydrogen-bond donors (Lipinski definition) is 4. The van der Waals surface area contributed by atoms with Crippen molar-refractivity contribution in [2.75, 3.05) is 6.54 Å². The lowest BCUT2D eigenvalue weighted by molar-refractivity contribution is -0.123. The molecule has 2 rings (SSSR count). The molecule has 2 aromatic rings. The molecule has 1 aromatic carbocycles. The zero-order chi connectivity index (χ0) is 14.8. The van der Waals surface area contributed by atoms with Crippen LogP contribution in [0.2, 0.25) is 0 Å². The van der Waals surface area contributed by atoms with E-state index in [1.54, 1.807) is 13.8 Å². The minimum atomic E-state index is -0.934. The number of amides is 1. The van der Waals surface area contributed by atoms with E-state index in [0.29, 0.717) is 6.42 Å². The lowest BCUT2D eigenvalue weighted by Gasteiger charge is -2.19. The van der Waals surface area contributed by atoms with Crippen LogP contribution in [-0.4, -0.2) is 34.2 Å². The van der Waals surface area contributed by atoms with E-state index in [2.05, 4.69) is 10.3 Å². The Morgan fingerprint density at radius 1 is 1.45 bits per heavy atom. The summed E-state index contributed by atoms with van der Waals surface area (Å²) in [6.45, 7) is 3.46. The molecular formula is C15H21N3O2. The Morgan fingerprint density at radius 3 is 2.85 bits per heavy atom. The van der Waals surface area contributed by atoms with E-state index >= 15 is 0 Å². The highest BCUT2D eigenvalue weighted by atomic mass is 16.3. The van der Waals surface area contributed by atoms with E-state index in [1.165, 1.54) is 0 Å². The molecule has 108 valence electrons. The Bertz CT molecular complexity index is 598. The average molecular weight is 275 g/mol. The van der Waals surface area contributed by atoms with E-state index in [0.717, 1.165) is 16.5 Å². The van der Waals surface area contributed by atoms with Gasteiger partial charge in [0.05, 0.1) is 11.6 Å². The number of aromatic amines is 1. The molecule has 0 saturated heterocycles. The summed E-state index contributed by atoms with van der Waals surface area (Å²) in [5.74, 6) is -0.252. The number of para-hydroxylation sites is 1. The monoisotopic (exact) mass is 275 g/mol. The van der Waals surface area contributed by atoms with Gasteiger partial charge in [-0.1, -0.05) is 18.2 Å². The molecule has 5 heteroatoms. The van der Waals surface area contributed by atoms with Crippen molar-refractivity contribution < 1.29 is 9.90 Å². The van der Waals surface area contributed by atoms with E-state index in [1.807, 2.05) is 30.5 Å². The number of aliphatic hydroxyl groups is 1. The second-order valence-electron chi connectivity index (χ2n) is 5.70. The number of carbonyl (C=O) groups excluding carboxylic acids is 1. The van der Waals surface area contributed by atoms with E-state index < -0.39 is 11.6 Å². The van der Waals surface area contributed by atoms with Crippen LogP contribution in [0.4, 0.5) is 0 Å². The maximum Gasteiger partial charge on any atom is 0.237 e. The summed E-state index contributed by atoms with van der Waals surface area (Å²) in [5, 5.41) is 13.3. The minimum Gasteiger partial charge on any atom is -0.389 e. The van der Waals surface area contributed by atoms with Crippen molar-refractivity contribution in [2.45, 2.75) is 31.9 Å². The second kappa shape index (κ2) is 5.64. The summed E-state index contributed by atoms with van der Waals surface area (Å²) in [4.78, 5) is 15.1. The van der Waals surface area contributed by atoms with Gasteiger partial charge in [0.15, 0.2) is 0 Å². The van der Waals surface area contributed by atoms with Crippen LogP contribution in [-0.2, 0) is 11.2 Å². The summed E-state index contributed by atoms with van der Waals surface area (Å²) in [6, 6.07) is 7.27. The summed E-state index contributed by atoms with van der Waals surface area (Å²) in [7, 11) is 0. The Labute approximate surface area is 118 Å². The topological polar surface area (TPSA) is 91.1 Å². The summed E-state index contributed by atoms with van der Waals surface area (Å²) in [6.07, 6.45) is 2.34. The number of fused-ring (bicyclic) bond motifs is 1. The standard InChI is InChI=1S/C15H21N3O2/c1-15(2,20)9-18-14(19)12(16)7-10-8-17-13-6-4-3-5-11(10)13/h3-6,8,12,17,20H,7,9,16H2,1-2H3,(H,18,19)/t12-/m1/s1. The first-order valence-corrected chi connectivity index (χ1v) is 6.67. The van der Waals surface area contributed by atoms with Gasteiger partial charge >= 0.3 is 0 Å². The van der Waals surface area contributed by atoms with Gasteiger partial charge in [-0.2, -0.15) is 0 Å². The third-order valence-corrected chi connectivity index (χ3v) is 3.15. The van der Waals surface area contributed by atoms with Crippen molar-refractivity contribution in [2.24, 2.45) is 5.73 Å². The normalized spacial score (nSPS) is 13.4. The first kappa shape index (κ1) is 14.6. The highest BCUT2D eigenvalue weighted by molar-refractivity contribution is 5.86. The summed E-state index contributed by atoms with van der Waals surface area (Å²) in [5.41, 5.74) is 7.04. The maximum atomic E-state index is 11.9. The van der Waals surface area contributed by atoms with Gasteiger partial charge in [-0.05, 0) is 31.9 Å². The first-order valence-electron chi connectivity index (χ1n) is 6.67. The number of hydrogen-bond acceptors (Lipinski definition) is 3. The quantitative estimate of drug-likeness (QED) is 0.654. The molecule has 5 N–H and O–H groups in total. The Balaban J connectivity index is 2.00. The van der Waals surface area contributed by atoms with Gasteiger partial charge in [0.25, 0.3) is 0 Å². The smallest absolute Gasteiger partial charge is 0.237 e. The molecule has 0 aliphatic rings. The Hall–Kier alpha value is -1.85. The number of H-pyrrole nitrogens is 1. The van der Waals surface area contributed by atoms with Gasteiger partial charge in [-0.15, -0.1) is 0 Å². The summed E-state index contributed by atoms with van der Waals surface area (Å²) < 4.78 is 0. The van der Waals surface area contributed by atoms with Crippen molar-refractivity contribution in [3.8, 4) is 0 Å². The lowest BCUT2D eigenvalue weighted by Crippen LogP contribution is -2.46. The Kier molecular flexibility index (Phi) is 4.11. The van der Waals surface area contributed by atoms with E-state index in [4.69, 9.17) is 5.73 Å². The van der Waals surface area contributed by atoms with Gasteiger partial charge in [0.1, 0.15) is 0 Å². The molecule has 0 saturated carbocycles. The van der Waals surface area contributed by atoms with Gasteiger partial charge in [-0.3, -0.25) is 4.79 Å². The third kappa shape index (κ3) is 3.59. The molecule has 1 atom stereocenters. The van der Waals surface area contributed by atoms with Crippen molar-refractivity contribution in [3.05, 3.63) is 36.0 Å². The zero-order valence-corrected chi connectivity index (χ0v) is 11.8. The van der Waals surface area contributed by atoms with E-state index in [-0.39, 0.29) is 12.5 Å². The van der Waals surface area contributed by atoms with Gasteiger partial charge in [0.2, 0.25) is 5.91 Å². The highest BCUT2D eigenvalue weighted by Crippen LogP contribution is 2.18. The Morgan fingerprint density at radius 2 is 2.15 bits per heavy atom. The fraction of sp³-hybridized carbons (Fsp3) is 0.400. The molecule has 20 heavy (non-hydrogen) atoms. The van der Waals surface area contributed by atoms with Crippen molar-refractivity contribution in [1.29, 1.82) is 0 Å². The van der Waals surface area contributed by atoms with Crippen molar-refractivity contribution in [1.82, 2.24) is 10.3 Å². The first-order chi connectivity index (χ1) is 9.37. The molecule has 0 fully saturated rings. The number of carbonyl (C=O) groups is 1. The zero-order valence-electron chi connectivity index (χ0n) is 11.8. The lowest BCUT2D eigenvalue weighted by atomic mass is 10.0. The van der Waals surface area contributed by atoms with Crippen LogP contribution in [0.3, 0.4) is 0 Å². The molecule has 0 aliphatic carbocycles. The van der Waals surface area contributed by atoms with Crippen molar-refractivity contribution >= 4 is 16.8 Å². The van der Waals surface area contributed by atoms with Crippen LogP contribution in [0.25, 0.3) is 10.9 Å². The van der Waals surface area contributed by atoms with Crippen LogP contribution in [0, 0.1) is 0 Å². The molecule has 1 amide bonds. The second-order valence-corrected chi connectivity index (χ2v) is 5.70. The van der Waals surface area contributed by atoms with Crippen LogP contribution >= 0.6 is 0 Å². The highest BCUT2D eigenvalue weighted by Gasteiger charge is 2.19. The maximum absolute atomic E-state index is 11.9. The molecule has 0 aliphatic heterocycles. The molecule has 0 unspecified atom stereocenters. The number of aromatic nitrogens is 1. The van der Waals surface area contributed by atoms with Crippen LogP contribution in [0.15, 0.2) is 30.5 Å². The number of nitrogens with two attached hydrogens (primary N) is 1. The third-order valence-electron chi connectivity index (χ3n) is 3.15. The molecule has 1 aromatic heterocycles. The van der Waals surface area contributed by atoms with Crippen molar-refractivity contribution in [3.63, 3.8) is 0 Å². The van der Waals surface area contributed by atoms with Crippen LogP contribution < -0.4 is 11.1 Å². The number of rotatable bonds is 5. The average Bonchev–Trinajstić information content (AvgIpc) is 2.78. The summed E-state index contributed by atoms with van der Waals surface area (Å²) >= 11 is 0. The number of nitrogens with one attached hydrogen (secondary N) is 2. The molecule has 0 bridgehead atoms. The van der Waals surface area contributed by atoms with E-state index in [9.17, 15) is 9.90 Å². The number of benzene rings is 1. The minimum absolute atomic E-state index is 0.188. The van der Waals surface area contributed by atoms with Gasteiger partial charge in [0, 0.05) is 23.6 Å². The molecular weight excluding hydrogens is 254 g/mol. The SMILES string of the molecule is CC(C)(O)CNC(=O)[C@H](N)Cc1c[nH]c2ccccc12. The molecule has 1 heterocycles. The fourth-order valence-electron chi connectivity index (χ4n) is 2.06. The largest absolute Gasteiger partial charge is 0.389 e. The predicted octanol–water partition coefficient (Wildman–Crippen LogP) is 0.925. The van der Waals surface area contributed by atoms with Crippen LogP contribution in [0.1, 0.15) is 19.4 Å².